The van der Waals surface area contributed by atoms with Crippen molar-refractivity contribution in [1.82, 2.24) is 15.0 Å². The van der Waals surface area contributed by atoms with Crippen LogP contribution in [0.4, 0.5) is 13.2 Å². The molecule has 2 heterocycles. The number of piperidine rings is 1. The summed E-state index contributed by atoms with van der Waals surface area (Å²) >= 11 is 0. The monoisotopic (exact) mass is 323 g/mol. The Morgan fingerprint density at radius 1 is 1.17 bits per heavy atom. The quantitative estimate of drug-likeness (QED) is 0.863. The molecular weight excluding hydrogens is 307 g/mol. The maximum atomic E-state index is 12.6. The molecule has 0 N–H and O–H groups in total. The first-order chi connectivity index (χ1) is 11.0. The lowest BCUT2D eigenvalue weighted by molar-refractivity contribution is -0.137. The fourth-order valence-electron chi connectivity index (χ4n) is 3.64. The number of hydrogen-bond donors (Lipinski definition) is 0. The molecular formula is C16H16F3N3O. The first-order valence-electron chi connectivity index (χ1n) is 7.73. The molecule has 4 nitrogen and oxygen atoms in total. The molecule has 2 fully saturated rings. The lowest BCUT2D eigenvalue weighted by Crippen LogP contribution is -2.31. The van der Waals surface area contributed by atoms with Gasteiger partial charge in [0.25, 0.3) is 0 Å². The van der Waals surface area contributed by atoms with Crippen LogP contribution in [0, 0.1) is 5.92 Å². The lowest BCUT2D eigenvalue weighted by atomic mass is 10.1. The zero-order valence-corrected chi connectivity index (χ0v) is 12.4. The predicted octanol–water partition coefficient (Wildman–Crippen LogP) is 3.74. The number of hydrogen-bond acceptors (Lipinski definition) is 4. The fourth-order valence-corrected chi connectivity index (χ4v) is 3.64. The van der Waals surface area contributed by atoms with Crippen LogP contribution in [-0.4, -0.2) is 27.6 Å². The molecule has 4 rings (SSSR count). The summed E-state index contributed by atoms with van der Waals surface area (Å²) in [6, 6.07) is 5.42. The molecule has 1 aromatic heterocycles. The molecule has 2 atom stereocenters. The third-order valence-corrected chi connectivity index (χ3v) is 4.80. The van der Waals surface area contributed by atoms with E-state index in [2.05, 4.69) is 15.0 Å². The van der Waals surface area contributed by atoms with Gasteiger partial charge in [-0.3, -0.25) is 4.90 Å². The average Bonchev–Trinajstić information content (AvgIpc) is 3.23. The van der Waals surface area contributed by atoms with Gasteiger partial charge >= 0.3 is 6.18 Å². The van der Waals surface area contributed by atoms with Crippen LogP contribution in [0.25, 0.3) is 11.4 Å². The molecule has 2 aliphatic rings. The van der Waals surface area contributed by atoms with E-state index in [-0.39, 0.29) is 0 Å². The van der Waals surface area contributed by atoms with Crippen LogP contribution in [-0.2, 0) is 12.7 Å². The Morgan fingerprint density at radius 2 is 1.96 bits per heavy atom. The Balaban J connectivity index is 1.47. The molecule has 2 aromatic rings. The van der Waals surface area contributed by atoms with Crippen molar-refractivity contribution in [3.05, 3.63) is 35.7 Å². The van der Waals surface area contributed by atoms with Crippen LogP contribution < -0.4 is 0 Å². The molecule has 1 aliphatic heterocycles. The third-order valence-electron chi connectivity index (χ3n) is 4.80. The maximum absolute atomic E-state index is 12.6. The molecule has 0 spiro atoms. The lowest BCUT2D eigenvalue weighted by Gasteiger charge is -2.24. The summed E-state index contributed by atoms with van der Waals surface area (Å²) in [5.41, 5.74) is -0.158. The number of fused-ring (bicyclic) bond motifs is 2. The van der Waals surface area contributed by atoms with Crippen LogP contribution in [0.3, 0.4) is 0 Å². The minimum atomic E-state index is -4.34. The Hall–Kier alpha value is -1.89. The number of aromatic nitrogens is 2. The molecule has 2 bridgehead atoms. The van der Waals surface area contributed by atoms with Crippen molar-refractivity contribution >= 4 is 0 Å². The minimum absolute atomic E-state index is 0.332. The summed E-state index contributed by atoms with van der Waals surface area (Å²) in [5.74, 6) is 1.64. The van der Waals surface area contributed by atoms with Crippen LogP contribution in [0.5, 0.6) is 0 Å². The van der Waals surface area contributed by atoms with Gasteiger partial charge in [0.1, 0.15) is 0 Å². The van der Waals surface area contributed by atoms with E-state index in [1.54, 1.807) is 0 Å². The van der Waals surface area contributed by atoms with Crippen molar-refractivity contribution in [2.24, 2.45) is 5.92 Å². The largest absolute Gasteiger partial charge is 0.416 e. The second-order valence-corrected chi connectivity index (χ2v) is 6.35. The van der Waals surface area contributed by atoms with Gasteiger partial charge in [-0.05, 0) is 37.3 Å². The number of alkyl halides is 3. The highest BCUT2D eigenvalue weighted by molar-refractivity contribution is 5.54. The molecule has 0 radical (unpaired) electrons. The first kappa shape index (κ1) is 14.7. The molecule has 23 heavy (non-hydrogen) atoms. The van der Waals surface area contributed by atoms with Gasteiger partial charge in [0.05, 0.1) is 12.1 Å². The molecule has 1 aromatic carbocycles. The van der Waals surface area contributed by atoms with E-state index >= 15 is 0 Å². The number of halogens is 3. The zero-order chi connectivity index (χ0) is 16.0. The molecule has 7 heteroatoms. The zero-order valence-electron chi connectivity index (χ0n) is 12.4. The van der Waals surface area contributed by atoms with Crippen molar-refractivity contribution in [1.29, 1.82) is 0 Å². The number of rotatable bonds is 3. The van der Waals surface area contributed by atoms with Crippen LogP contribution in [0.1, 0.15) is 30.7 Å². The Bertz CT molecular complexity index is 695. The number of benzene rings is 1. The fraction of sp³-hybridized carbons (Fsp3) is 0.500. The predicted molar refractivity (Wildman–Crippen MR) is 76.3 cm³/mol. The van der Waals surface area contributed by atoms with Gasteiger partial charge in [0.15, 0.2) is 0 Å². The molecule has 1 aliphatic carbocycles. The third kappa shape index (κ3) is 2.85. The van der Waals surface area contributed by atoms with E-state index in [1.807, 2.05) is 0 Å². The normalized spacial score (nSPS) is 24.5. The Labute approximate surface area is 131 Å². The topological polar surface area (TPSA) is 42.2 Å². The van der Waals surface area contributed by atoms with Gasteiger partial charge in [0, 0.05) is 18.2 Å². The van der Waals surface area contributed by atoms with Gasteiger partial charge in [-0.1, -0.05) is 17.3 Å². The van der Waals surface area contributed by atoms with Crippen LogP contribution in [0.2, 0.25) is 0 Å². The average molecular weight is 323 g/mol. The van der Waals surface area contributed by atoms with Gasteiger partial charge in [-0.15, -0.1) is 0 Å². The van der Waals surface area contributed by atoms with Crippen molar-refractivity contribution in [2.45, 2.75) is 38.0 Å². The summed E-state index contributed by atoms with van der Waals surface area (Å²) in [7, 11) is 0. The molecule has 0 unspecified atom stereocenters. The molecule has 1 saturated carbocycles. The maximum Gasteiger partial charge on any atom is 0.416 e. The van der Waals surface area contributed by atoms with Gasteiger partial charge < -0.3 is 4.52 Å². The molecule has 1 saturated heterocycles. The SMILES string of the molecule is FC(F)(F)c1ccc(-c2noc(CN3C[C@H]4CC[C@H]3C4)n2)cc1. The highest BCUT2D eigenvalue weighted by Gasteiger charge is 2.38. The molecule has 122 valence electrons. The van der Waals surface area contributed by atoms with E-state index in [0.717, 1.165) is 24.6 Å². The van der Waals surface area contributed by atoms with E-state index in [9.17, 15) is 13.2 Å². The number of likely N-dealkylation sites (tertiary alicyclic amines) is 1. The standard InChI is InChI=1S/C16H16F3N3O/c17-16(18,19)12-4-2-11(3-5-12)15-20-14(23-21-15)9-22-8-10-1-6-13(22)7-10/h2-5,10,13H,1,6-9H2/t10-,13-/m0/s1. The summed E-state index contributed by atoms with van der Waals surface area (Å²) in [6.07, 6.45) is -0.553. The van der Waals surface area contributed by atoms with E-state index in [0.29, 0.717) is 29.9 Å². The number of nitrogens with zero attached hydrogens (tertiary/aromatic N) is 3. The van der Waals surface area contributed by atoms with Gasteiger partial charge in [-0.25, -0.2) is 0 Å². The summed E-state index contributed by atoms with van der Waals surface area (Å²) in [5, 5.41) is 3.89. The summed E-state index contributed by atoms with van der Waals surface area (Å²) in [6.45, 7) is 1.69. The Morgan fingerprint density at radius 3 is 2.57 bits per heavy atom. The van der Waals surface area contributed by atoms with Crippen LogP contribution >= 0.6 is 0 Å². The second-order valence-electron chi connectivity index (χ2n) is 6.35. The van der Waals surface area contributed by atoms with Crippen molar-refractivity contribution in [2.75, 3.05) is 6.54 Å². The highest BCUT2D eigenvalue weighted by Crippen LogP contribution is 2.38. The minimum Gasteiger partial charge on any atom is -0.338 e. The van der Waals surface area contributed by atoms with E-state index < -0.39 is 11.7 Å². The summed E-state index contributed by atoms with van der Waals surface area (Å²) in [4.78, 5) is 6.68. The molecule has 0 amide bonds. The van der Waals surface area contributed by atoms with Crippen molar-refractivity contribution in [3.8, 4) is 11.4 Å². The highest BCUT2D eigenvalue weighted by atomic mass is 19.4. The van der Waals surface area contributed by atoms with E-state index in [4.69, 9.17) is 4.52 Å². The summed E-state index contributed by atoms with van der Waals surface area (Å²) < 4.78 is 43.0. The second kappa shape index (κ2) is 5.33. The Kier molecular flexibility index (Phi) is 3.41. The first-order valence-corrected chi connectivity index (χ1v) is 7.73. The van der Waals surface area contributed by atoms with Crippen molar-refractivity contribution < 1.29 is 17.7 Å². The van der Waals surface area contributed by atoms with E-state index in [1.165, 1.54) is 31.4 Å². The van der Waals surface area contributed by atoms with Crippen LogP contribution in [0.15, 0.2) is 28.8 Å². The smallest absolute Gasteiger partial charge is 0.338 e. The van der Waals surface area contributed by atoms with Gasteiger partial charge in [0.2, 0.25) is 11.7 Å². The van der Waals surface area contributed by atoms with Gasteiger partial charge in [-0.2, -0.15) is 18.2 Å². The van der Waals surface area contributed by atoms with Crippen molar-refractivity contribution in [3.63, 3.8) is 0 Å².